The average Bonchev–Trinajstić information content (AvgIpc) is 3.16. The second kappa shape index (κ2) is 11.2. The number of halogens is 1. The van der Waals surface area contributed by atoms with Crippen LogP contribution in [0.15, 0.2) is 53.7 Å². The zero-order chi connectivity index (χ0) is 21.3. The molecule has 158 valence electrons. The quantitative estimate of drug-likeness (QED) is 0.322. The Balaban J connectivity index is 1.82. The molecular formula is C23H27ClN4OS. The topological polar surface area (TPSA) is 59.8 Å². The van der Waals surface area contributed by atoms with Gasteiger partial charge in [-0.25, -0.2) is 0 Å². The number of aromatic nitrogens is 3. The molecular weight excluding hydrogens is 416 g/mol. The Bertz CT molecular complexity index is 975. The van der Waals surface area contributed by atoms with Crippen LogP contribution in [0.5, 0.6) is 0 Å². The molecule has 0 aliphatic rings. The van der Waals surface area contributed by atoms with Gasteiger partial charge in [-0.15, -0.1) is 10.2 Å². The molecule has 2 aromatic carbocycles. The number of hydrogen-bond donors (Lipinski definition) is 1. The van der Waals surface area contributed by atoms with Crippen LogP contribution in [0.3, 0.4) is 0 Å². The molecule has 0 radical (unpaired) electrons. The highest BCUT2D eigenvalue weighted by molar-refractivity contribution is 7.98. The zero-order valence-corrected chi connectivity index (χ0v) is 19.0. The maximum atomic E-state index is 12.2. The number of unbranched alkanes of at least 4 members (excludes halogenated alkanes) is 2. The van der Waals surface area contributed by atoms with Gasteiger partial charge in [-0.3, -0.25) is 9.36 Å². The molecule has 5 nitrogen and oxygen atoms in total. The van der Waals surface area contributed by atoms with Gasteiger partial charge in [-0.2, -0.15) is 0 Å². The Morgan fingerprint density at radius 2 is 1.93 bits per heavy atom. The SMILES string of the molecule is CCCCCC(=O)NCc1nnc(SCc2ccccc2)n1-c1cc(Cl)ccc1C. The first-order valence-corrected chi connectivity index (χ1v) is 11.6. The van der Waals surface area contributed by atoms with Crippen LogP contribution in [0.1, 0.15) is 49.6 Å². The molecule has 0 saturated heterocycles. The number of rotatable bonds is 10. The van der Waals surface area contributed by atoms with Crippen LogP contribution in [0.2, 0.25) is 5.02 Å². The number of carbonyl (C=O) groups is 1. The van der Waals surface area contributed by atoms with Crippen LogP contribution in [0.25, 0.3) is 5.69 Å². The number of thioether (sulfide) groups is 1. The number of hydrogen-bond acceptors (Lipinski definition) is 4. The van der Waals surface area contributed by atoms with Gasteiger partial charge in [-0.05, 0) is 36.6 Å². The maximum Gasteiger partial charge on any atom is 0.220 e. The standard InChI is InChI=1S/C23H27ClN4OS/c1-3-4-6-11-22(29)25-15-21-26-27-23(30-16-18-9-7-5-8-10-18)28(21)20-14-19(24)13-12-17(20)2/h5,7-10,12-14H,3-4,6,11,15-16H2,1-2H3,(H,25,29). The molecule has 1 aromatic heterocycles. The third-order valence-electron chi connectivity index (χ3n) is 4.77. The van der Waals surface area contributed by atoms with E-state index in [-0.39, 0.29) is 5.91 Å². The molecule has 1 amide bonds. The van der Waals surface area contributed by atoms with E-state index < -0.39 is 0 Å². The van der Waals surface area contributed by atoms with Crippen molar-refractivity contribution < 1.29 is 4.79 Å². The normalized spacial score (nSPS) is 10.9. The van der Waals surface area contributed by atoms with Crippen molar-refractivity contribution in [3.63, 3.8) is 0 Å². The second-order valence-corrected chi connectivity index (χ2v) is 8.55. The minimum Gasteiger partial charge on any atom is -0.349 e. The third-order valence-corrected chi connectivity index (χ3v) is 6.01. The fourth-order valence-corrected chi connectivity index (χ4v) is 4.18. The number of nitrogens with one attached hydrogen (secondary N) is 1. The molecule has 0 bridgehead atoms. The molecule has 0 fully saturated rings. The number of carbonyl (C=O) groups excluding carboxylic acids is 1. The summed E-state index contributed by atoms with van der Waals surface area (Å²) in [7, 11) is 0. The summed E-state index contributed by atoms with van der Waals surface area (Å²) in [6.07, 6.45) is 3.59. The Morgan fingerprint density at radius 3 is 2.70 bits per heavy atom. The Morgan fingerprint density at radius 1 is 1.13 bits per heavy atom. The molecule has 0 atom stereocenters. The molecule has 1 heterocycles. The number of nitrogens with zero attached hydrogens (tertiary/aromatic N) is 3. The van der Waals surface area contributed by atoms with Crippen molar-refractivity contribution >= 4 is 29.3 Å². The smallest absolute Gasteiger partial charge is 0.220 e. The minimum absolute atomic E-state index is 0.0410. The van der Waals surface area contributed by atoms with Crippen LogP contribution in [-0.2, 0) is 17.1 Å². The van der Waals surface area contributed by atoms with Crippen molar-refractivity contribution in [2.24, 2.45) is 0 Å². The van der Waals surface area contributed by atoms with Gasteiger partial charge in [-0.1, -0.05) is 79.5 Å². The van der Waals surface area contributed by atoms with E-state index in [1.807, 2.05) is 47.9 Å². The minimum atomic E-state index is 0.0410. The molecule has 1 N–H and O–H groups in total. The van der Waals surface area contributed by atoms with Crippen LogP contribution in [-0.4, -0.2) is 20.7 Å². The Labute approximate surface area is 187 Å². The molecule has 0 spiro atoms. The Hall–Kier alpha value is -2.31. The van der Waals surface area contributed by atoms with Crippen molar-refractivity contribution in [1.29, 1.82) is 0 Å². The van der Waals surface area contributed by atoms with Gasteiger partial charge in [0.05, 0.1) is 12.2 Å². The maximum absolute atomic E-state index is 12.2. The third kappa shape index (κ3) is 6.09. The highest BCUT2D eigenvalue weighted by atomic mass is 35.5. The van der Waals surface area contributed by atoms with Gasteiger partial charge in [0.25, 0.3) is 0 Å². The van der Waals surface area contributed by atoms with Crippen molar-refractivity contribution in [2.45, 2.75) is 57.0 Å². The summed E-state index contributed by atoms with van der Waals surface area (Å²) in [5, 5.41) is 13.2. The predicted octanol–water partition coefficient (Wildman–Crippen LogP) is 5.72. The molecule has 3 aromatic rings. The molecule has 30 heavy (non-hydrogen) atoms. The van der Waals surface area contributed by atoms with E-state index in [4.69, 9.17) is 11.6 Å². The fraction of sp³-hybridized carbons (Fsp3) is 0.348. The summed E-state index contributed by atoms with van der Waals surface area (Å²) in [6, 6.07) is 16.0. The predicted molar refractivity (Wildman–Crippen MR) is 123 cm³/mol. The van der Waals surface area contributed by atoms with Gasteiger partial charge in [0.2, 0.25) is 5.91 Å². The Kier molecular flexibility index (Phi) is 8.34. The summed E-state index contributed by atoms with van der Waals surface area (Å²) < 4.78 is 2.00. The monoisotopic (exact) mass is 442 g/mol. The van der Waals surface area contributed by atoms with Gasteiger partial charge in [0, 0.05) is 17.2 Å². The molecule has 3 rings (SSSR count). The molecule has 0 aliphatic heterocycles. The number of benzene rings is 2. The van der Waals surface area contributed by atoms with Crippen molar-refractivity contribution in [3.8, 4) is 5.69 Å². The largest absolute Gasteiger partial charge is 0.349 e. The van der Waals surface area contributed by atoms with Crippen molar-refractivity contribution in [2.75, 3.05) is 0 Å². The zero-order valence-electron chi connectivity index (χ0n) is 17.4. The number of amides is 1. The van der Waals surface area contributed by atoms with Crippen molar-refractivity contribution in [1.82, 2.24) is 20.1 Å². The lowest BCUT2D eigenvalue weighted by molar-refractivity contribution is -0.121. The summed E-state index contributed by atoms with van der Waals surface area (Å²) in [6.45, 7) is 4.49. The number of aryl methyl sites for hydroxylation is 1. The van der Waals surface area contributed by atoms with Crippen LogP contribution in [0, 0.1) is 6.92 Å². The van der Waals surface area contributed by atoms with E-state index in [0.717, 1.165) is 41.4 Å². The lowest BCUT2D eigenvalue weighted by Gasteiger charge is -2.14. The van der Waals surface area contributed by atoms with E-state index in [0.29, 0.717) is 23.8 Å². The van der Waals surface area contributed by atoms with Crippen LogP contribution in [0.4, 0.5) is 0 Å². The molecule has 7 heteroatoms. The van der Waals surface area contributed by atoms with Gasteiger partial charge >= 0.3 is 0 Å². The summed E-state index contributed by atoms with van der Waals surface area (Å²) >= 11 is 7.89. The van der Waals surface area contributed by atoms with E-state index in [2.05, 4.69) is 34.6 Å². The lowest BCUT2D eigenvalue weighted by Crippen LogP contribution is -2.24. The summed E-state index contributed by atoms with van der Waals surface area (Å²) in [5.41, 5.74) is 3.21. The van der Waals surface area contributed by atoms with E-state index in [1.54, 1.807) is 11.8 Å². The first kappa shape index (κ1) is 22.4. The average molecular weight is 443 g/mol. The highest BCUT2D eigenvalue weighted by Gasteiger charge is 2.17. The van der Waals surface area contributed by atoms with Crippen molar-refractivity contribution in [3.05, 3.63) is 70.5 Å². The summed E-state index contributed by atoms with van der Waals surface area (Å²) in [5.74, 6) is 1.51. The van der Waals surface area contributed by atoms with Crippen LogP contribution < -0.4 is 5.32 Å². The van der Waals surface area contributed by atoms with E-state index >= 15 is 0 Å². The molecule has 0 saturated carbocycles. The van der Waals surface area contributed by atoms with E-state index in [1.165, 1.54) is 5.56 Å². The van der Waals surface area contributed by atoms with E-state index in [9.17, 15) is 4.79 Å². The fourth-order valence-electron chi connectivity index (χ4n) is 3.10. The van der Waals surface area contributed by atoms with Gasteiger partial charge < -0.3 is 5.32 Å². The summed E-state index contributed by atoms with van der Waals surface area (Å²) in [4.78, 5) is 12.2. The van der Waals surface area contributed by atoms with Gasteiger partial charge in [0.1, 0.15) is 0 Å². The highest BCUT2D eigenvalue weighted by Crippen LogP contribution is 2.28. The lowest BCUT2D eigenvalue weighted by atomic mass is 10.2. The molecule has 0 unspecified atom stereocenters. The first-order valence-electron chi connectivity index (χ1n) is 10.2. The van der Waals surface area contributed by atoms with Crippen LogP contribution >= 0.6 is 23.4 Å². The second-order valence-electron chi connectivity index (χ2n) is 7.17. The molecule has 0 aliphatic carbocycles. The van der Waals surface area contributed by atoms with Gasteiger partial charge in [0.15, 0.2) is 11.0 Å². The first-order chi connectivity index (χ1) is 14.6.